The van der Waals surface area contributed by atoms with Crippen LogP contribution in [0.25, 0.3) is 11.0 Å². The maximum Gasteiger partial charge on any atom is 0.488 e. The Morgan fingerprint density at radius 3 is 2.57 bits per heavy atom. The predicted octanol–water partition coefficient (Wildman–Crippen LogP) is 0.125. The first kappa shape index (κ1) is 13.5. The monoisotopic (exact) mass is 280 g/mol. The standard InChI is InChI=1S/C15H13BN2O3/c19-15-9-17-13-7-3-4-8-14(13)18(15)10-11-5-1-2-6-12(11)16(20)21/h1-9,20-21H,10H2. The zero-order valence-corrected chi connectivity index (χ0v) is 11.2. The van der Waals surface area contributed by atoms with E-state index in [4.69, 9.17) is 0 Å². The van der Waals surface area contributed by atoms with E-state index in [0.717, 1.165) is 5.52 Å². The van der Waals surface area contributed by atoms with Crippen LogP contribution in [0.5, 0.6) is 0 Å². The highest BCUT2D eigenvalue weighted by Gasteiger charge is 2.16. The van der Waals surface area contributed by atoms with Gasteiger partial charge in [-0.3, -0.25) is 4.79 Å². The Labute approximate surface area is 121 Å². The molecule has 6 heteroatoms. The van der Waals surface area contributed by atoms with Crippen LogP contribution in [0.15, 0.2) is 59.5 Å². The van der Waals surface area contributed by atoms with E-state index in [0.29, 0.717) is 16.5 Å². The molecular formula is C15H13BN2O3. The molecule has 0 saturated carbocycles. The molecule has 0 unspecified atom stereocenters. The van der Waals surface area contributed by atoms with Gasteiger partial charge in [0.1, 0.15) is 0 Å². The summed E-state index contributed by atoms with van der Waals surface area (Å²) in [5.41, 5.74) is 2.29. The number of para-hydroxylation sites is 2. The van der Waals surface area contributed by atoms with Gasteiger partial charge in [0.2, 0.25) is 0 Å². The molecule has 2 aromatic carbocycles. The van der Waals surface area contributed by atoms with Crippen molar-refractivity contribution in [1.29, 1.82) is 0 Å². The van der Waals surface area contributed by atoms with E-state index < -0.39 is 7.12 Å². The molecule has 3 rings (SSSR count). The third-order valence-electron chi connectivity index (χ3n) is 3.41. The first-order valence-corrected chi connectivity index (χ1v) is 6.55. The largest absolute Gasteiger partial charge is 0.488 e. The summed E-state index contributed by atoms with van der Waals surface area (Å²) >= 11 is 0. The molecule has 0 aliphatic heterocycles. The van der Waals surface area contributed by atoms with Crippen LogP contribution in [-0.4, -0.2) is 26.7 Å². The molecular weight excluding hydrogens is 267 g/mol. The fraction of sp³-hybridized carbons (Fsp3) is 0.0667. The third kappa shape index (κ3) is 2.59. The molecule has 0 saturated heterocycles. The van der Waals surface area contributed by atoms with Gasteiger partial charge in [-0.15, -0.1) is 0 Å². The van der Waals surface area contributed by atoms with Crippen LogP contribution in [0.4, 0.5) is 0 Å². The molecule has 21 heavy (non-hydrogen) atoms. The molecule has 0 bridgehead atoms. The number of hydrogen-bond donors (Lipinski definition) is 2. The maximum absolute atomic E-state index is 12.1. The van der Waals surface area contributed by atoms with Gasteiger partial charge in [-0.2, -0.15) is 0 Å². The fourth-order valence-corrected chi connectivity index (χ4v) is 2.38. The summed E-state index contributed by atoms with van der Waals surface area (Å²) in [6.45, 7) is 0.260. The summed E-state index contributed by atoms with van der Waals surface area (Å²) in [7, 11) is -1.56. The van der Waals surface area contributed by atoms with E-state index in [2.05, 4.69) is 4.98 Å². The summed E-state index contributed by atoms with van der Waals surface area (Å²) in [6, 6.07) is 14.3. The van der Waals surface area contributed by atoms with Crippen molar-refractivity contribution in [3.63, 3.8) is 0 Å². The molecule has 0 spiro atoms. The van der Waals surface area contributed by atoms with E-state index in [-0.39, 0.29) is 12.1 Å². The molecule has 1 aromatic heterocycles. The van der Waals surface area contributed by atoms with Gasteiger partial charge < -0.3 is 14.6 Å². The van der Waals surface area contributed by atoms with Crippen LogP contribution in [0.3, 0.4) is 0 Å². The number of hydrogen-bond acceptors (Lipinski definition) is 4. The first-order valence-electron chi connectivity index (χ1n) is 6.55. The zero-order chi connectivity index (χ0) is 14.8. The molecule has 0 amide bonds. The molecule has 104 valence electrons. The highest BCUT2D eigenvalue weighted by Crippen LogP contribution is 2.10. The van der Waals surface area contributed by atoms with Crippen LogP contribution < -0.4 is 11.0 Å². The van der Waals surface area contributed by atoms with Crippen molar-refractivity contribution in [2.75, 3.05) is 0 Å². The van der Waals surface area contributed by atoms with Gasteiger partial charge >= 0.3 is 7.12 Å². The average molecular weight is 280 g/mol. The number of fused-ring (bicyclic) bond motifs is 1. The second-order valence-corrected chi connectivity index (χ2v) is 4.74. The number of rotatable bonds is 3. The smallest absolute Gasteiger partial charge is 0.423 e. The summed E-state index contributed by atoms with van der Waals surface area (Å²) in [4.78, 5) is 16.2. The quantitative estimate of drug-likeness (QED) is 0.668. The number of aromatic nitrogens is 2. The first-order chi connectivity index (χ1) is 10.2. The van der Waals surface area contributed by atoms with E-state index >= 15 is 0 Å². The van der Waals surface area contributed by atoms with E-state index in [1.165, 1.54) is 6.20 Å². The Kier molecular flexibility index (Phi) is 3.56. The number of nitrogens with zero attached hydrogens (tertiary/aromatic N) is 2. The van der Waals surface area contributed by atoms with Crippen LogP contribution in [0, 0.1) is 0 Å². The molecule has 5 nitrogen and oxygen atoms in total. The maximum atomic E-state index is 12.1. The van der Waals surface area contributed by atoms with Crippen molar-refractivity contribution in [2.45, 2.75) is 6.54 Å². The van der Waals surface area contributed by atoms with Gasteiger partial charge in [0.25, 0.3) is 5.56 Å². The Morgan fingerprint density at radius 1 is 1.05 bits per heavy atom. The summed E-state index contributed by atoms with van der Waals surface area (Å²) in [6.07, 6.45) is 1.28. The van der Waals surface area contributed by atoms with Crippen molar-refractivity contribution >= 4 is 23.6 Å². The Balaban J connectivity index is 2.15. The van der Waals surface area contributed by atoms with Gasteiger partial charge in [0.15, 0.2) is 0 Å². The summed E-state index contributed by atoms with van der Waals surface area (Å²) < 4.78 is 1.57. The van der Waals surface area contributed by atoms with Crippen molar-refractivity contribution in [3.05, 3.63) is 70.6 Å². The average Bonchev–Trinajstić information content (AvgIpc) is 2.50. The Bertz CT molecular complexity index is 845. The normalized spacial score (nSPS) is 10.8. The van der Waals surface area contributed by atoms with Gasteiger partial charge in [0, 0.05) is 0 Å². The molecule has 0 radical (unpaired) electrons. The van der Waals surface area contributed by atoms with Crippen LogP contribution in [0.1, 0.15) is 5.56 Å². The van der Waals surface area contributed by atoms with Crippen molar-refractivity contribution in [1.82, 2.24) is 9.55 Å². The van der Waals surface area contributed by atoms with Crippen molar-refractivity contribution < 1.29 is 10.0 Å². The molecule has 0 atom stereocenters. The minimum Gasteiger partial charge on any atom is -0.423 e. The van der Waals surface area contributed by atoms with E-state index in [9.17, 15) is 14.8 Å². The molecule has 2 N–H and O–H groups in total. The van der Waals surface area contributed by atoms with E-state index in [1.54, 1.807) is 28.8 Å². The Morgan fingerprint density at radius 2 is 1.76 bits per heavy atom. The van der Waals surface area contributed by atoms with Gasteiger partial charge in [0.05, 0.1) is 23.8 Å². The van der Waals surface area contributed by atoms with Gasteiger partial charge in [-0.05, 0) is 23.2 Å². The van der Waals surface area contributed by atoms with E-state index in [1.807, 2.05) is 24.3 Å². The topological polar surface area (TPSA) is 75.4 Å². The van der Waals surface area contributed by atoms with Crippen molar-refractivity contribution in [3.8, 4) is 0 Å². The third-order valence-corrected chi connectivity index (χ3v) is 3.41. The SMILES string of the molecule is O=c1cnc2ccccc2n1Cc1ccccc1B(O)O. The van der Waals surface area contributed by atoms with Crippen LogP contribution in [0.2, 0.25) is 0 Å². The Hall–Kier alpha value is -2.44. The second-order valence-electron chi connectivity index (χ2n) is 4.74. The van der Waals surface area contributed by atoms with Crippen LogP contribution >= 0.6 is 0 Å². The molecule has 0 aliphatic carbocycles. The lowest BCUT2D eigenvalue weighted by Gasteiger charge is -2.12. The second kappa shape index (κ2) is 5.51. The van der Waals surface area contributed by atoms with Crippen molar-refractivity contribution in [2.24, 2.45) is 0 Å². The minimum absolute atomic E-state index is 0.226. The lowest BCUT2D eigenvalue weighted by atomic mass is 9.77. The lowest BCUT2D eigenvalue weighted by Crippen LogP contribution is -2.34. The fourth-order valence-electron chi connectivity index (χ4n) is 2.38. The predicted molar refractivity (Wildman–Crippen MR) is 81.4 cm³/mol. The highest BCUT2D eigenvalue weighted by atomic mass is 16.4. The molecule has 3 aromatic rings. The lowest BCUT2D eigenvalue weighted by molar-refractivity contribution is 0.425. The van der Waals surface area contributed by atoms with Gasteiger partial charge in [-0.25, -0.2) is 4.98 Å². The van der Waals surface area contributed by atoms with Gasteiger partial charge in [-0.1, -0.05) is 36.4 Å². The molecule has 0 fully saturated rings. The van der Waals surface area contributed by atoms with Crippen LogP contribution in [-0.2, 0) is 6.54 Å². The summed E-state index contributed by atoms with van der Waals surface area (Å²) in [5, 5.41) is 18.8. The summed E-state index contributed by atoms with van der Waals surface area (Å²) in [5.74, 6) is 0. The molecule has 1 heterocycles. The molecule has 0 aliphatic rings. The minimum atomic E-state index is -1.56. The zero-order valence-electron chi connectivity index (χ0n) is 11.2. The highest BCUT2D eigenvalue weighted by molar-refractivity contribution is 6.59. The number of benzene rings is 2.